The van der Waals surface area contributed by atoms with Crippen LogP contribution in [0.2, 0.25) is 0 Å². The molecule has 0 amide bonds. The van der Waals surface area contributed by atoms with Gasteiger partial charge in [0.1, 0.15) is 12.4 Å². The minimum absolute atomic E-state index is 0.00197. The Morgan fingerprint density at radius 2 is 1.61 bits per heavy atom. The molecule has 1 unspecified atom stereocenters. The van der Waals surface area contributed by atoms with Crippen LogP contribution in [0.5, 0.6) is 34.5 Å². The lowest BCUT2D eigenvalue weighted by Crippen LogP contribution is -2.47. The molecule has 0 radical (unpaired) electrons. The molecule has 5 atom stereocenters. The summed E-state index contributed by atoms with van der Waals surface area (Å²) >= 11 is 0. The largest absolute Gasteiger partial charge is 0.496 e. The number of rotatable bonds is 10. The molecule has 0 spiro atoms. The van der Waals surface area contributed by atoms with E-state index in [0.717, 1.165) is 11.1 Å². The summed E-state index contributed by atoms with van der Waals surface area (Å²) in [6, 6.07) is 18.9. The third-order valence-electron chi connectivity index (χ3n) is 7.68. The number of hydrogen-bond acceptors (Lipinski definition) is 10. The predicted octanol–water partition coefficient (Wildman–Crippen LogP) is 3.92. The highest BCUT2D eigenvalue weighted by Gasteiger charge is 2.61. The fourth-order valence-electron chi connectivity index (χ4n) is 5.52. The summed E-state index contributed by atoms with van der Waals surface area (Å²) in [7, 11) is 4.66. The van der Waals surface area contributed by atoms with Crippen LogP contribution in [0.4, 0.5) is 0 Å². The van der Waals surface area contributed by atoms with Gasteiger partial charge in [0.05, 0.1) is 59.8 Å². The molecule has 6 rings (SSSR count). The molecular weight excluding hydrogens is 532 g/mol. The number of fused-ring (bicyclic) bond motifs is 2. The van der Waals surface area contributed by atoms with Gasteiger partial charge in [0.25, 0.3) is 0 Å². The fraction of sp³-hybridized carbons (Fsp3) is 0.419. The van der Waals surface area contributed by atoms with Crippen molar-refractivity contribution < 1.29 is 47.7 Å². The summed E-state index contributed by atoms with van der Waals surface area (Å²) < 4.78 is 53.0. The first kappa shape index (κ1) is 27.5. The third kappa shape index (κ3) is 5.24. The highest BCUT2D eigenvalue weighted by atomic mass is 16.7. The smallest absolute Gasteiger partial charge is 0.232 e. The number of para-hydroxylation sites is 1. The number of benzene rings is 3. The van der Waals surface area contributed by atoms with Crippen LogP contribution in [0.25, 0.3) is 0 Å². The minimum atomic E-state index is -1.43. The van der Waals surface area contributed by atoms with Gasteiger partial charge in [0.2, 0.25) is 12.0 Å². The second-order valence-corrected chi connectivity index (χ2v) is 10.2. The molecule has 3 aromatic rings. The zero-order valence-electron chi connectivity index (χ0n) is 23.2. The van der Waals surface area contributed by atoms with Gasteiger partial charge < -0.3 is 47.7 Å². The first-order valence-corrected chi connectivity index (χ1v) is 13.5. The van der Waals surface area contributed by atoms with Crippen molar-refractivity contribution in [2.75, 3.05) is 47.8 Å². The maximum Gasteiger partial charge on any atom is 0.232 e. The van der Waals surface area contributed by atoms with E-state index in [1.165, 1.54) is 14.2 Å². The predicted molar refractivity (Wildman–Crippen MR) is 146 cm³/mol. The van der Waals surface area contributed by atoms with Crippen molar-refractivity contribution in [2.24, 2.45) is 5.92 Å². The first-order valence-electron chi connectivity index (χ1n) is 13.5. The Hall–Kier alpha value is -3.70. The third-order valence-corrected chi connectivity index (χ3v) is 7.68. The van der Waals surface area contributed by atoms with Gasteiger partial charge in [-0.3, -0.25) is 0 Å². The van der Waals surface area contributed by atoms with Crippen LogP contribution in [-0.2, 0) is 20.8 Å². The Labute approximate surface area is 238 Å². The van der Waals surface area contributed by atoms with Crippen molar-refractivity contribution in [3.05, 3.63) is 71.8 Å². The summed E-state index contributed by atoms with van der Waals surface area (Å²) in [5.41, 5.74) is 0.385. The Balaban J connectivity index is 1.18. The normalized spacial score (nSPS) is 26.3. The molecule has 3 aliphatic heterocycles. The first-order chi connectivity index (χ1) is 20.0. The Morgan fingerprint density at radius 3 is 2.34 bits per heavy atom. The lowest BCUT2D eigenvalue weighted by molar-refractivity contribution is -0.153. The molecule has 41 heavy (non-hydrogen) atoms. The molecule has 0 bridgehead atoms. The van der Waals surface area contributed by atoms with Gasteiger partial charge in [0.15, 0.2) is 34.7 Å². The van der Waals surface area contributed by atoms with Crippen molar-refractivity contribution in [2.45, 2.75) is 30.7 Å². The van der Waals surface area contributed by atoms with Gasteiger partial charge in [-0.05, 0) is 23.8 Å². The maximum absolute atomic E-state index is 11.8. The molecule has 2 saturated heterocycles. The Morgan fingerprint density at radius 1 is 0.854 bits per heavy atom. The Bertz CT molecular complexity index is 1330. The minimum Gasteiger partial charge on any atom is -0.496 e. The van der Waals surface area contributed by atoms with Crippen molar-refractivity contribution >= 4 is 0 Å². The molecular formula is C31H34O10. The molecule has 0 saturated carbocycles. The molecule has 3 heterocycles. The van der Waals surface area contributed by atoms with E-state index in [0.29, 0.717) is 54.3 Å². The fourth-order valence-corrected chi connectivity index (χ4v) is 5.52. The molecule has 218 valence electrons. The van der Waals surface area contributed by atoms with Crippen molar-refractivity contribution in [1.82, 2.24) is 0 Å². The number of aliphatic hydroxyl groups is 1. The van der Waals surface area contributed by atoms with E-state index in [-0.39, 0.29) is 19.3 Å². The van der Waals surface area contributed by atoms with Gasteiger partial charge in [-0.2, -0.15) is 0 Å². The van der Waals surface area contributed by atoms with Crippen molar-refractivity contribution in [3.63, 3.8) is 0 Å². The van der Waals surface area contributed by atoms with E-state index in [9.17, 15) is 5.11 Å². The van der Waals surface area contributed by atoms with Gasteiger partial charge >= 0.3 is 0 Å². The van der Waals surface area contributed by atoms with Gasteiger partial charge in [0, 0.05) is 11.6 Å². The molecule has 3 aliphatic rings. The monoisotopic (exact) mass is 566 g/mol. The van der Waals surface area contributed by atoms with E-state index in [1.807, 2.05) is 36.4 Å². The van der Waals surface area contributed by atoms with Crippen LogP contribution >= 0.6 is 0 Å². The van der Waals surface area contributed by atoms with E-state index in [2.05, 4.69) is 0 Å². The van der Waals surface area contributed by atoms with Gasteiger partial charge in [-0.15, -0.1) is 0 Å². The zero-order valence-corrected chi connectivity index (χ0v) is 23.2. The molecule has 1 N–H and O–H groups in total. The number of methoxy groups -OCH3 is 3. The van der Waals surface area contributed by atoms with E-state index >= 15 is 0 Å². The van der Waals surface area contributed by atoms with E-state index < -0.39 is 23.9 Å². The molecule has 10 heteroatoms. The molecule has 0 aromatic heterocycles. The van der Waals surface area contributed by atoms with Gasteiger partial charge in [-0.25, -0.2) is 0 Å². The summed E-state index contributed by atoms with van der Waals surface area (Å²) in [5, 5.41) is 11.8. The zero-order chi connectivity index (χ0) is 28.4. The standard InChI is InChI=1S/C31H34O10/c1-33-23-10-7-11-24(34-2)29(23)41-30-31(32)18-39-28(22(31)17-38-30)21-12-27-26(13-25(21)35-3)37-16-20(40-27)15-36-14-19-8-5-4-6-9-19/h4-13,20,22,28,30,32H,14-18H2,1-3H3/t20?,22-,28-,30-,31-/m1/s1. The van der Waals surface area contributed by atoms with Crippen LogP contribution in [0.3, 0.4) is 0 Å². The van der Waals surface area contributed by atoms with Crippen LogP contribution in [-0.4, -0.2) is 70.9 Å². The van der Waals surface area contributed by atoms with Crippen molar-refractivity contribution in [1.29, 1.82) is 0 Å². The average Bonchev–Trinajstić information content (AvgIpc) is 3.51. The highest BCUT2D eigenvalue weighted by molar-refractivity contribution is 5.53. The molecule has 10 nitrogen and oxygen atoms in total. The lowest BCUT2D eigenvalue weighted by Gasteiger charge is -2.29. The van der Waals surface area contributed by atoms with Crippen LogP contribution in [0.15, 0.2) is 60.7 Å². The summed E-state index contributed by atoms with van der Waals surface area (Å²) in [4.78, 5) is 0. The highest BCUT2D eigenvalue weighted by Crippen LogP contribution is 2.52. The maximum atomic E-state index is 11.8. The topological polar surface area (TPSA) is 103 Å². The van der Waals surface area contributed by atoms with E-state index in [1.54, 1.807) is 31.4 Å². The second kappa shape index (κ2) is 11.7. The lowest BCUT2D eigenvalue weighted by atomic mass is 9.85. The SMILES string of the molecule is COc1cc2c(cc1[C@H]1OC[C@]3(O)[C@@H](Oc4c(OC)cccc4OC)OC[C@H]13)OC(COCc1ccccc1)CO2. The van der Waals surface area contributed by atoms with Crippen molar-refractivity contribution in [3.8, 4) is 34.5 Å². The van der Waals surface area contributed by atoms with Crippen LogP contribution in [0, 0.1) is 5.92 Å². The Kier molecular flexibility index (Phi) is 7.81. The summed E-state index contributed by atoms with van der Waals surface area (Å²) in [6.07, 6.45) is -1.82. The summed E-state index contributed by atoms with van der Waals surface area (Å²) in [6.45, 7) is 1.42. The number of hydrogen-bond donors (Lipinski definition) is 1. The molecule has 0 aliphatic carbocycles. The van der Waals surface area contributed by atoms with Crippen LogP contribution in [0.1, 0.15) is 17.2 Å². The molecule has 3 aromatic carbocycles. The second-order valence-electron chi connectivity index (χ2n) is 10.2. The van der Waals surface area contributed by atoms with Gasteiger partial charge in [-0.1, -0.05) is 36.4 Å². The molecule has 2 fully saturated rings. The van der Waals surface area contributed by atoms with Crippen LogP contribution < -0.4 is 28.4 Å². The summed E-state index contributed by atoms with van der Waals surface area (Å²) in [5.74, 6) is 2.54. The van der Waals surface area contributed by atoms with E-state index in [4.69, 9.17) is 42.6 Å². The quantitative estimate of drug-likeness (QED) is 0.388. The average molecular weight is 567 g/mol. The number of ether oxygens (including phenoxy) is 9.